The zero-order valence-corrected chi connectivity index (χ0v) is 16.9. The van der Waals surface area contributed by atoms with Crippen molar-refractivity contribution in [3.63, 3.8) is 0 Å². The molecule has 150 valence electrons. The minimum absolute atomic E-state index is 0.0367. The first kappa shape index (κ1) is 18.5. The van der Waals surface area contributed by atoms with Gasteiger partial charge in [0.05, 0.1) is 22.2 Å². The van der Waals surface area contributed by atoms with Crippen molar-refractivity contribution in [2.45, 2.75) is 12.5 Å². The molecule has 1 amide bonds. The maximum Gasteiger partial charge on any atom is 0.236 e. The molecule has 3 aromatic rings. The average molecular weight is 417 g/mol. The summed E-state index contributed by atoms with van der Waals surface area (Å²) in [5, 5.41) is 11.5. The fourth-order valence-corrected chi connectivity index (χ4v) is 4.35. The van der Waals surface area contributed by atoms with Gasteiger partial charge >= 0.3 is 0 Å². The monoisotopic (exact) mass is 416 g/mol. The van der Waals surface area contributed by atoms with Crippen LogP contribution in [0.5, 0.6) is 0 Å². The maximum atomic E-state index is 12.3. The number of nitrogens with one attached hydrogen (secondary N) is 3. The standard InChI is InChI=1S/C22H20N6OS/c29-21-16-3-1-2-4-17(16)27-22(28-21)26-15-7-5-14(6-8-15)9-11-23-20-19-18(10-12-30-19)24-13-25-20/h1-8,10,12-13,16-17H,9,11H2,(H,23,24,25)(H2,26,27,28,29). The van der Waals surface area contributed by atoms with E-state index in [4.69, 9.17) is 0 Å². The molecular formula is C22H20N6OS. The van der Waals surface area contributed by atoms with Crippen LogP contribution in [0.3, 0.4) is 0 Å². The molecule has 0 fully saturated rings. The molecule has 5 rings (SSSR count). The van der Waals surface area contributed by atoms with Gasteiger partial charge in [-0.2, -0.15) is 0 Å². The molecule has 2 atom stereocenters. The first-order chi connectivity index (χ1) is 14.8. The van der Waals surface area contributed by atoms with Gasteiger partial charge in [0.25, 0.3) is 0 Å². The molecule has 2 unspecified atom stereocenters. The summed E-state index contributed by atoms with van der Waals surface area (Å²) in [5.74, 6) is 1.11. The lowest BCUT2D eigenvalue weighted by Gasteiger charge is -2.27. The van der Waals surface area contributed by atoms with Crippen molar-refractivity contribution >= 4 is 44.9 Å². The van der Waals surface area contributed by atoms with E-state index in [0.717, 1.165) is 34.7 Å². The van der Waals surface area contributed by atoms with E-state index in [-0.39, 0.29) is 17.9 Å². The van der Waals surface area contributed by atoms with Gasteiger partial charge in [-0.15, -0.1) is 11.3 Å². The van der Waals surface area contributed by atoms with E-state index in [2.05, 4.69) is 43.0 Å². The lowest BCUT2D eigenvalue weighted by atomic mass is 9.94. The van der Waals surface area contributed by atoms with E-state index in [0.29, 0.717) is 5.96 Å². The van der Waals surface area contributed by atoms with Gasteiger partial charge in [0.1, 0.15) is 12.1 Å². The van der Waals surface area contributed by atoms with Gasteiger partial charge < -0.3 is 10.6 Å². The van der Waals surface area contributed by atoms with E-state index in [9.17, 15) is 4.79 Å². The molecule has 0 spiro atoms. The predicted octanol–water partition coefficient (Wildman–Crippen LogP) is 3.35. The fourth-order valence-electron chi connectivity index (χ4n) is 3.54. The van der Waals surface area contributed by atoms with E-state index in [1.54, 1.807) is 17.7 Å². The molecule has 3 N–H and O–H groups in total. The molecule has 0 radical (unpaired) electrons. The SMILES string of the molecule is O=C1NC(Nc2ccc(CCNc3ncnc4ccsc34)cc2)=NC2C=CC=CC12. The second kappa shape index (κ2) is 8.08. The summed E-state index contributed by atoms with van der Waals surface area (Å²) >= 11 is 1.64. The van der Waals surface area contributed by atoms with Crippen LogP contribution < -0.4 is 16.0 Å². The highest BCUT2D eigenvalue weighted by molar-refractivity contribution is 7.17. The molecule has 30 heavy (non-hydrogen) atoms. The number of thiophene rings is 1. The number of aromatic nitrogens is 2. The summed E-state index contributed by atoms with van der Waals surface area (Å²) < 4.78 is 1.08. The minimum atomic E-state index is -0.222. The number of carbonyl (C=O) groups excluding carboxylic acids is 1. The molecule has 0 saturated carbocycles. The van der Waals surface area contributed by atoms with Crippen LogP contribution in [-0.4, -0.2) is 34.4 Å². The number of fused-ring (bicyclic) bond motifs is 2. The Hall–Kier alpha value is -3.52. The van der Waals surface area contributed by atoms with E-state index in [1.165, 1.54) is 5.56 Å². The first-order valence-electron chi connectivity index (χ1n) is 9.78. The third-order valence-corrected chi connectivity index (χ3v) is 6.00. The molecule has 1 aliphatic carbocycles. The smallest absolute Gasteiger partial charge is 0.236 e. The van der Waals surface area contributed by atoms with Crippen LogP contribution in [0.1, 0.15) is 5.56 Å². The molecule has 2 aliphatic rings. The second-order valence-corrected chi connectivity index (χ2v) is 8.03. The number of hydrogen-bond acceptors (Lipinski definition) is 7. The molecule has 1 aliphatic heterocycles. The lowest BCUT2D eigenvalue weighted by molar-refractivity contribution is -0.122. The third kappa shape index (κ3) is 3.81. The third-order valence-electron chi connectivity index (χ3n) is 5.09. The summed E-state index contributed by atoms with van der Waals surface area (Å²) in [6, 6.07) is 9.99. The number of amides is 1. The second-order valence-electron chi connectivity index (χ2n) is 7.11. The Morgan fingerprint density at radius 2 is 1.93 bits per heavy atom. The largest absolute Gasteiger partial charge is 0.368 e. The van der Waals surface area contributed by atoms with Gasteiger partial charge in [-0.1, -0.05) is 36.4 Å². The van der Waals surface area contributed by atoms with E-state index >= 15 is 0 Å². The Bertz CT molecular complexity index is 1160. The Labute approximate surface area is 177 Å². The topological polar surface area (TPSA) is 91.3 Å². The van der Waals surface area contributed by atoms with E-state index < -0.39 is 0 Å². The zero-order chi connectivity index (χ0) is 20.3. The van der Waals surface area contributed by atoms with Crippen molar-refractivity contribution in [3.05, 3.63) is 71.9 Å². The Kier molecular flexibility index (Phi) is 4.98. The van der Waals surface area contributed by atoms with Gasteiger partial charge in [-0.25, -0.2) is 15.0 Å². The Balaban J connectivity index is 1.18. The van der Waals surface area contributed by atoms with Crippen LogP contribution in [0.2, 0.25) is 0 Å². The number of hydrogen-bond donors (Lipinski definition) is 3. The van der Waals surface area contributed by atoms with Gasteiger partial charge in [0, 0.05) is 12.2 Å². The zero-order valence-electron chi connectivity index (χ0n) is 16.1. The highest BCUT2D eigenvalue weighted by Crippen LogP contribution is 2.25. The Morgan fingerprint density at radius 1 is 1.07 bits per heavy atom. The molecule has 8 heteroatoms. The first-order valence-corrected chi connectivity index (χ1v) is 10.7. The molecule has 0 saturated heterocycles. The van der Waals surface area contributed by atoms with E-state index in [1.807, 2.05) is 47.9 Å². The van der Waals surface area contributed by atoms with Crippen molar-refractivity contribution in [2.24, 2.45) is 10.9 Å². The summed E-state index contributed by atoms with van der Waals surface area (Å²) in [7, 11) is 0. The number of rotatable bonds is 5. The van der Waals surface area contributed by atoms with Crippen molar-refractivity contribution in [1.82, 2.24) is 15.3 Å². The number of benzene rings is 1. The maximum absolute atomic E-state index is 12.3. The van der Waals surface area contributed by atoms with Crippen LogP contribution in [0.15, 0.2) is 71.3 Å². The molecule has 2 aromatic heterocycles. The molecule has 7 nitrogen and oxygen atoms in total. The summed E-state index contributed by atoms with van der Waals surface area (Å²) in [4.78, 5) is 25.4. The molecular weight excluding hydrogens is 396 g/mol. The van der Waals surface area contributed by atoms with Crippen molar-refractivity contribution < 1.29 is 4.79 Å². The summed E-state index contributed by atoms with van der Waals surface area (Å²) in [6.45, 7) is 0.780. The molecule has 3 heterocycles. The van der Waals surface area contributed by atoms with Crippen molar-refractivity contribution in [2.75, 3.05) is 17.2 Å². The number of aliphatic imine (C=N–C) groups is 1. The Morgan fingerprint density at radius 3 is 2.83 bits per heavy atom. The van der Waals surface area contributed by atoms with Gasteiger partial charge in [0.2, 0.25) is 11.9 Å². The normalized spacial score (nSPS) is 19.9. The number of anilines is 2. The quantitative estimate of drug-likeness (QED) is 0.593. The fraction of sp³-hybridized carbons (Fsp3) is 0.182. The summed E-state index contributed by atoms with van der Waals surface area (Å²) in [5.41, 5.74) is 3.06. The van der Waals surface area contributed by atoms with Gasteiger partial charge in [-0.3, -0.25) is 10.1 Å². The van der Waals surface area contributed by atoms with Crippen molar-refractivity contribution in [1.29, 1.82) is 0 Å². The lowest BCUT2D eigenvalue weighted by Crippen LogP contribution is -2.47. The van der Waals surface area contributed by atoms with Crippen LogP contribution >= 0.6 is 11.3 Å². The van der Waals surface area contributed by atoms with Crippen LogP contribution in [0.25, 0.3) is 10.2 Å². The number of nitrogens with zero attached hydrogens (tertiary/aromatic N) is 3. The average Bonchev–Trinajstić information content (AvgIpc) is 3.25. The highest BCUT2D eigenvalue weighted by atomic mass is 32.1. The van der Waals surface area contributed by atoms with Gasteiger partial charge in [0.15, 0.2) is 0 Å². The number of allylic oxidation sites excluding steroid dienone is 2. The molecule has 0 bridgehead atoms. The minimum Gasteiger partial charge on any atom is -0.368 e. The highest BCUT2D eigenvalue weighted by Gasteiger charge is 2.30. The predicted molar refractivity (Wildman–Crippen MR) is 121 cm³/mol. The number of carbonyl (C=O) groups is 1. The number of guanidine groups is 1. The van der Waals surface area contributed by atoms with Crippen LogP contribution in [0.4, 0.5) is 11.5 Å². The van der Waals surface area contributed by atoms with Crippen LogP contribution in [0, 0.1) is 5.92 Å². The summed E-state index contributed by atoms with van der Waals surface area (Å²) in [6.07, 6.45) is 10.1. The van der Waals surface area contributed by atoms with Crippen LogP contribution in [-0.2, 0) is 11.2 Å². The van der Waals surface area contributed by atoms with Gasteiger partial charge in [-0.05, 0) is 35.6 Å². The van der Waals surface area contributed by atoms with Crippen molar-refractivity contribution in [3.8, 4) is 0 Å². The molecule has 1 aromatic carbocycles.